The van der Waals surface area contributed by atoms with Crippen molar-refractivity contribution >= 4 is 41.7 Å². The minimum absolute atomic E-state index is 0.00155. The number of unbranched alkanes of at least 4 members (excludes halogenated alkanes) is 1. The van der Waals surface area contributed by atoms with Crippen LogP contribution in [0.25, 0.3) is 21.9 Å². The van der Waals surface area contributed by atoms with E-state index in [1.165, 1.54) is 6.08 Å². The van der Waals surface area contributed by atoms with Crippen molar-refractivity contribution in [3.63, 3.8) is 0 Å². The Morgan fingerprint density at radius 1 is 1.23 bits per heavy atom. The number of pyridine rings is 1. The number of nitrogen functional groups attached to an aromatic ring is 1. The molecule has 0 radical (unpaired) electrons. The first-order chi connectivity index (χ1) is 16.7. The van der Waals surface area contributed by atoms with Gasteiger partial charge < -0.3 is 14.8 Å². The monoisotopic (exact) mass is 495 g/mol. The number of aliphatic imine (C=N–C) groups is 1. The van der Waals surface area contributed by atoms with Gasteiger partial charge in [0.2, 0.25) is 6.08 Å². The largest absolute Gasteiger partial charge is 0.524 e. The molecule has 11 heteroatoms. The molecule has 2 aromatic carbocycles. The number of hydrogen-bond acceptors (Lipinski definition) is 7. The molecular formula is C24H26N5O5P. The lowest BCUT2D eigenvalue weighted by Crippen LogP contribution is -2.07. The lowest BCUT2D eigenvalue weighted by molar-refractivity contribution is 0.281. The predicted octanol–water partition coefficient (Wildman–Crippen LogP) is 4.17. The first-order valence-corrected chi connectivity index (χ1v) is 12.7. The molecule has 0 aliphatic heterocycles. The van der Waals surface area contributed by atoms with Crippen molar-refractivity contribution in [1.82, 2.24) is 14.5 Å². The molecule has 182 valence electrons. The summed E-state index contributed by atoms with van der Waals surface area (Å²) in [7, 11) is -4.81. The van der Waals surface area contributed by atoms with Gasteiger partial charge in [0, 0.05) is 23.9 Å². The number of phosphoric acid groups is 1. The third-order valence-corrected chi connectivity index (χ3v) is 6.14. The third-order valence-electron chi connectivity index (χ3n) is 5.72. The van der Waals surface area contributed by atoms with Crippen LogP contribution in [0.15, 0.2) is 41.4 Å². The van der Waals surface area contributed by atoms with E-state index in [0.29, 0.717) is 29.0 Å². The molecule has 4 aromatic rings. The van der Waals surface area contributed by atoms with Gasteiger partial charge in [0.15, 0.2) is 5.82 Å². The SMILES string of the molecule is CCCCc1nc2c(N)nc3ccccc3c2n1Cc1cc(C)c(OP(=O)(O)O)c(CN=C=O)c1. The van der Waals surface area contributed by atoms with Crippen molar-refractivity contribution in [3.8, 4) is 5.75 Å². The van der Waals surface area contributed by atoms with Crippen LogP contribution in [0.4, 0.5) is 5.82 Å². The molecular weight excluding hydrogens is 469 g/mol. The fraction of sp³-hybridized carbons (Fsp3) is 0.292. The fourth-order valence-electron chi connectivity index (χ4n) is 4.29. The zero-order valence-corrected chi connectivity index (χ0v) is 20.3. The summed E-state index contributed by atoms with van der Waals surface area (Å²) < 4.78 is 18.5. The Balaban J connectivity index is 1.90. The minimum atomic E-state index is -4.81. The maximum Gasteiger partial charge on any atom is 0.524 e. The van der Waals surface area contributed by atoms with Crippen molar-refractivity contribution in [3.05, 3.63) is 58.9 Å². The Bertz CT molecular complexity index is 1500. The minimum Gasteiger partial charge on any atom is -0.404 e. The number of para-hydroxylation sites is 1. The van der Waals surface area contributed by atoms with Crippen LogP contribution < -0.4 is 10.3 Å². The standard InChI is InChI=1S/C24H26N5O5P/c1-3-4-9-20-28-21-22(18-7-5-6-8-19(18)27-24(21)25)29(20)13-16-10-15(2)23(34-35(31,32)33)17(11-16)12-26-14-30/h5-8,10-11H,3-4,9,12-13H2,1-2H3,(H2,25,27)(H2,31,32,33). The lowest BCUT2D eigenvalue weighted by atomic mass is 10.0. The molecule has 0 spiro atoms. The highest BCUT2D eigenvalue weighted by Crippen LogP contribution is 2.41. The molecule has 4 rings (SSSR count). The van der Waals surface area contributed by atoms with Crippen molar-refractivity contribution in [1.29, 1.82) is 0 Å². The molecule has 0 amide bonds. The van der Waals surface area contributed by atoms with E-state index in [1.54, 1.807) is 19.1 Å². The van der Waals surface area contributed by atoms with Crippen molar-refractivity contribution in [2.75, 3.05) is 5.73 Å². The van der Waals surface area contributed by atoms with E-state index in [1.807, 2.05) is 24.3 Å². The summed E-state index contributed by atoms with van der Waals surface area (Å²) in [4.78, 5) is 42.3. The number of aromatic nitrogens is 3. The number of phosphoric ester groups is 1. The average molecular weight is 495 g/mol. The molecule has 2 heterocycles. The summed E-state index contributed by atoms with van der Waals surface area (Å²) in [6.07, 6.45) is 4.16. The van der Waals surface area contributed by atoms with Gasteiger partial charge in [-0.25, -0.2) is 24.3 Å². The van der Waals surface area contributed by atoms with E-state index >= 15 is 0 Å². The molecule has 0 unspecified atom stereocenters. The van der Waals surface area contributed by atoms with E-state index in [-0.39, 0.29) is 12.3 Å². The van der Waals surface area contributed by atoms with Crippen LogP contribution in [-0.4, -0.2) is 30.4 Å². The Kier molecular flexibility index (Phi) is 7.00. The molecule has 4 N–H and O–H groups in total. The summed E-state index contributed by atoms with van der Waals surface area (Å²) in [5.41, 5.74) is 10.3. The molecule has 0 aliphatic rings. The number of carbonyl (C=O) groups excluding carboxylic acids is 1. The number of anilines is 1. The molecule has 0 atom stereocenters. The second-order valence-electron chi connectivity index (χ2n) is 8.32. The van der Waals surface area contributed by atoms with Gasteiger partial charge in [-0.15, -0.1) is 0 Å². The van der Waals surface area contributed by atoms with E-state index < -0.39 is 7.82 Å². The smallest absolute Gasteiger partial charge is 0.404 e. The molecule has 0 saturated heterocycles. The number of imidazole rings is 1. The molecule has 0 saturated carbocycles. The molecule has 2 aromatic heterocycles. The van der Waals surface area contributed by atoms with E-state index in [2.05, 4.69) is 21.5 Å². The lowest BCUT2D eigenvalue weighted by Gasteiger charge is -2.17. The van der Waals surface area contributed by atoms with Crippen LogP contribution in [0.2, 0.25) is 0 Å². The second kappa shape index (κ2) is 9.98. The molecule has 0 bridgehead atoms. The number of hydrogen-bond donors (Lipinski definition) is 3. The Morgan fingerprint density at radius 3 is 2.71 bits per heavy atom. The maximum atomic E-state index is 11.5. The van der Waals surface area contributed by atoms with Crippen LogP contribution >= 0.6 is 7.82 Å². The Labute approximate surface area is 201 Å². The number of nitrogens with two attached hydrogens (primary N) is 1. The van der Waals surface area contributed by atoms with Crippen LogP contribution in [0.3, 0.4) is 0 Å². The van der Waals surface area contributed by atoms with Gasteiger partial charge >= 0.3 is 7.82 Å². The zero-order chi connectivity index (χ0) is 25.2. The van der Waals surface area contributed by atoms with Gasteiger partial charge in [-0.3, -0.25) is 9.79 Å². The number of fused-ring (bicyclic) bond motifs is 3. The van der Waals surface area contributed by atoms with Gasteiger partial charge in [0.05, 0.1) is 17.6 Å². The van der Waals surface area contributed by atoms with Crippen LogP contribution in [0.5, 0.6) is 5.75 Å². The van der Waals surface area contributed by atoms with Crippen LogP contribution in [0.1, 0.15) is 42.3 Å². The van der Waals surface area contributed by atoms with Gasteiger partial charge in [-0.1, -0.05) is 37.6 Å². The molecule has 35 heavy (non-hydrogen) atoms. The number of isocyanates is 1. The highest BCUT2D eigenvalue weighted by atomic mass is 31.2. The number of aryl methyl sites for hydroxylation is 2. The topological polar surface area (TPSA) is 153 Å². The van der Waals surface area contributed by atoms with Crippen molar-refractivity contribution in [2.24, 2.45) is 4.99 Å². The van der Waals surface area contributed by atoms with E-state index in [4.69, 9.17) is 15.2 Å². The number of nitrogens with zero attached hydrogens (tertiary/aromatic N) is 4. The third kappa shape index (κ3) is 5.26. The first-order valence-electron chi connectivity index (χ1n) is 11.2. The van der Waals surface area contributed by atoms with Gasteiger partial charge in [-0.05, 0) is 36.6 Å². The van der Waals surface area contributed by atoms with Crippen LogP contribution in [-0.2, 0) is 28.9 Å². The maximum absolute atomic E-state index is 11.5. The summed E-state index contributed by atoms with van der Waals surface area (Å²) in [6.45, 7) is 4.09. The average Bonchev–Trinajstić information content (AvgIpc) is 3.16. The fourth-order valence-corrected chi connectivity index (χ4v) is 4.79. The normalized spacial score (nSPS) is 11.7. The first kappa shape index (κ1) is 24.6. The predicted molar refractivity (Wildman–Crippen MR) is 133 cm³/mol. The Morgan fingerprint density at radius 2 is 2.00 bits per heavy atom. The second-order valence-corrected chi connectivity index (χ2v) is 9.48. The highest BCUT2D eigenvalue weighted by Gasteiger charge is 2.22. The summed E-state index contributed by atoms with van der Waals surface area (Å²) in [5, 5.41) is 0.927. The zero-order valence-electron chi connectivity index (χ0n) is 19.4. The van der Waals surface area contributed by atoms with Crippen molar-refractivity contribution in [2.45, 2.75) is 46.2 Å². The molecule has 0 fully saturated rings. The van der Waals surface area contributed by atoms with Gasteiger partial charge in [0.25, 0.3) is 0 Å². The van der Waals surface area contributed by atoms with Gasteiger partial charge in [0.1, 0.15) is 17.1 Å². The quantitative estimate of drug-likeness (QED) is 0.178. The summed E-state index contributed by atoms with van der Waals surface area (Å²) in [6, 6.07) is 11.3. The highest BCUT2D eigenvalue weighted by molar-refractivity contribution is 7.46. The number of rotatable bonds is 9. The summed E-state index contributed by atoms with van der Waals surface area (Å²) in [5.74, 6) is 1.23. The van der Waals surface area contributed by atoms with Crippen molar-refractivity contribution < 1.29 is 23.7 Å². The molecule has 10 nitrogen and oxygen atoms in total. The van der Waals surface area contributed by atoms with Gasteiger partial charge in [-0.2, -0.15) is 0 Å². The van der Waals surface area contributed by atoms with Crippen LogP contribution in [0, 0.1) is 6.92 Å². The Hall–Kier alpha value is -3.55. The van der Waals surface area contributed by atoms with E-state index in [0.717, 1.165) is 47.1 Å². The summed E-state index contributed by atoms with van der Waals surface area (Å²) >= 11 is 0. The van der Waals surface area contributed by atoms with E-state index in [9.17, 15) is 19.1 Å². The molecule has 0 aliphatic carbocycles. The number of benzene rings is 2.